The topological polar surface area (TPSA) is 84.9 Å². The number of hydrogen-bond donors (Lipinski definition) is 2. The molecule has 132 valence electrons. The van der Waals surface area contributed by atoms with Crippen LogP contribution in [0.4, 0.5) is 0 Å². The summed E-state index contributed by atoms with van der Waals surface area (Å²) in [6.45, 7) is 2.11. The summed E-state index contributed by atoms with van der Waals surface area (Å²) >= 11 is 0. The molecule has 1 saturated carbocycles. The van der Waals surface area contributed by atoms with Crippen LogP contribution in [-0.4, -0.2) is 43.9 Å². The Hall–Kier alpha value is -2.08. The first-order valence-corrected chi connectivity index (χ1v) is 8.22. The number of rotatable bonds is 8. The zero-order chi connectivity index (χ0) is 17.6. The summed E-state index contributed by atoms with van der Waals surface area (Å²) in [6.07, 6.45) is 3.64. The van der Waals surface area contributed by atoms with Crippen molar-refractivity contribution >= 4 is 11.9 Å². The van der Waals surface area contributed by atoms with E-state index in [1.807, 2.05) is 25.1 Å². The Labute approximate surface area is 142 Å². The number of methoxy groups -OCH3 is 1. The van der Waals surface area contributed by atoms with Crippen LogP contribution in [0.2, 0.25) is 0 Å². The van der Waals surface area contributed by atoms with Crippen molar-refractivity contribution in [1.29, 1.82) is 0 Å². The Balaban J connectivity index is 2.07. The molecule has 0 aromatic heterocycles. The number of amides is 1. The summed E-state index contributed by atoms with van der Waals surface area (Å²) in [4.78, 5) is 23.2. The molecule has 0 saturated heterocycles. The lowest BCUT2D eigenvalue weighted by Crippen LogP contribution is -2.43. The summed E-state index contributed by atoms with van der Waals surface area (Å²) in [6, 6.07) is 5.95. The molecule has 0 radical (unpaired) electrons. The average molecular weight is 335 g/mol. The number of aliphatic carboxylic acids is 1. The third-order valence-corrected chi connectivity index (χ3v) is 4.61. The highest BCUT2D eigenvalue weighted by Gasteiger charge is 2.42. The number of carbonyl (C=O) groups excluding carboxylic acids is 1. The van der Waals surface area contributed by atoms with Crippen molar-refractivity contribution in [3.05, 3.63) is 29.3 Å². The minimum atomic E-state index is -1.01. The van der Waals surface area contributed by atoms with Gasteiger partial charge in [0, 0.05) is 6.54 Å². The maximum Gasteiger partial charge on any atom is 0.329 e. The molecule has 0 spiro atoms. The Morgan fingerprint density at radius 2 is 2.00 bits per heavy atom. The Bertz CT molecular complexity index is 593. The first-order valence-electron chi connectivity index (χ1n) is 8.22. The van der Waals surface area contributed by atoms with E-state index in [2.05, 4.69) is 5.32 Å². The highest BCUT2D eigenvalue weighted by atomic mass is 16.5. The minimum absolute atomic E-state index is 0.0233. The second kappa shape index (κ2) is 8.15. The van der Waals surface area contributed by atoms with E-state index in [-0.39, 0.29) is 19.1 Å². The normalized spacial score (nSPS) is 15.9. The van der Waals surface area contributed by atoms with E-state index in [1.165, 1.54) is 0 Å². The number of ether oxygens (including phenoxy) is 2. The average Bonchev–Trinajstić information content (AvgIpc) is 3.05. The lowest BCUT2D eigenvalue weighted by atomic mass is 9.77. The molecule has 2 rings (SSSR count). The molecule has 1 amide bonds. The van der Waals surface area contributed by atoms with E-state index >= 15 is 0 Å². The van der Waals surface area contributed by atoms with E-state index in [0.717, 1.165) is 42.6 Å². The Morgan fingerprint density at radius 1 is 1.29 bits per heavy atom. The molecule has 6 nitrogen and oxygen atoms in total. The molecule has 0 heterocycles. The number of carboxylic acid groups (broad SMARTS) is 1. The summed E-state index contributed by atoms with van der Waals surface area (Å²) in [5, 5.41) is 11.4. The fourth-order valence-corrected chi connectivity index (χ4v) is 3.31. The van der Waals surface area contributed by atoms with E-state index in [4.69, 9.17) is 14.6 Å². The number of benzene rings is 1. The van der Waals surface area contributed by atoms with Gasteiger partial charge >= 0.3 is 5.97 Å². The Morgan fingerprint density at radius 3 is 2.62 bits per heavy atom. The van der Waals surface area contributed by atoms with Crippen molar-refractivity contribution in [3.8, 4) is 5.75 Å². The third-order valence-electron chi connectivity index (χ3n) is 4.61. The van der Waals surface area contributed by atoms with Gasteiger partial charge < -0.3 is 19.9 Å². The molecule has 24 heavy (non-hydrogen) atoms. The summed E-state index contributed by atoms with van der Waals surface area (Å²) in [5.41, 5.74) is 1.48. The number of carbonyl (C=O) groups is 2. The highest BCUT2D eigenvalue weighted by molar-refractivity contribution is 5.88. The van der Waals surface area contributed by atoms with E-state index in [0.29, 0.717) is 6.54 Å². The molecular weight excluding hydrogens is 310 g/mol. The van der Waals surface area contributed by atoms with Crippen molar-refractivity contribution in [1.82, 2.24) is 5.32 Å². The molecule has 1 aliphatic rings. The van der Waals surface area contributed by atoms with Gasteiger partial charge in [-0.3, -0.25) is 4.79 Å². The molecule has 1 fully saturated rings. The maximum atomic E-state index is 12.8. The summed E-state index contributed by atoms with van der Waals surface area (Å²) in [5.74, 6) is -0.249. The van der Waals surface area contributed by atoms with Gasteiger partial charge in [-0.15, -0.1) is 0 Å². The van der Waals surface area contributed by atoms with Crippen molar-refractivity contribution < 1.29 is 24.2 Å². The van der Waals surface area contributed by atoms with Crippen molar-refractivity contribution in [2.45, 2.75) is 38.0 Å². The second-order valence-electron chi connectivity index (χ2n) is 6.18. The van der Waals surface area contributed by atoms with Gasteiger partial charge in [-0.05, 0) is 37.0 Å². The fraction of sp³-hybridized carbons (Fsp3) is 0.556. The summed E-state index contributed by atoms with van der Waals surface area (Å²) in [7, 11) is 1.63. The SMILES string of the molecule is COc1cc(C2(C(=O)NCCOCC(=O)O)CCCC2)ccc1C. The van der Waals surface area contributed by atoms with Gasteiger partial charge in [0.1, 0.15) is 12.4 Å². The quantitative estimate of drug-likeness (QED) is 0.710. The molecule has 0 atom stereocenters. The molecule has 0 aliphatic heterocycles. The number of carboxylic acids is 1. The lowest BCUT2D eigenvalue weighted by molar-refractivity contribution is -0.142. The monoisotopic (exact) mass is 335 g/mol. The molecule has 0 bridgehead atoms. The second-order valence-corrected chi connectivity index (χ2v) is 6.18. The third kappa shape index (κ3) is 4.06. The highest BCUT2D eigenvalue weighted by Crippen LogP contribution is 2.42. The van der Waals surface area contributed by atoms with Crippen LogP contribution in [0.25, 0.3) is 0 Å². The predicted molar refractivity (Wildman–Crippen MR) is 89.3 cm³/mol. The first-order chi connectivity index (χ1) is 11.5. The van der Waals surface area contributed by atoms with Gasteiger partial charge in [-0.2, -0.15) is 0 Å². The molecule has 6 heteroatoms. The smallest absolute Gasteiger partial charge is 0.329 e. The van der Waals surface area contributed by atoms with Crippen molar-refractivity contribution in [2.75, 3.05) is 26.9 Å². The predicted octanol–water partition coefficient (Wildman–Crippen LogP) is 2.03. The van der Waals surface area contributed by atoms with Crippen LogP contribution < -0.4 is 10.1 Å². The number of aryl methyl sites for hydroxylation is 1. The van der Waals surface area contributed by atoms with Crippen LogP contribution in [0.15, 0.2) is 18.2 Å². The van der Waals surface area contributed by atoms with Crippen LogP contribution in [0.3, 0.4) is 0 Å². The van der Waals surface area contributed by atoms with Gasteiger partial charge in [0.05, 0.1) is 19.1 Å². The fourth-order valence-electron chi connectivity index (χ4n) is 3.31. The van der Waals surface area contributed by atoms with E-state index < -0.39 is 11.4 Å². The number of nitrogens with one attached hydrogen (secondary N) is 1. The van der Waals surface area contributed by atoms with Gasteiger partial charge in [0.25, 0.3) is 0 Å². The molecular formula is C18H25NO5. The lowest BCUT2D eigenvalue weighted by Gasteiger charge is -2.29. The molecule has 2 N–H and O–H groups in total. The van der Waals surface area contributed by atoms with E-state index in [1.54, 1.807) is 7.11 Å². The van der Waals surface area contributed by atoms with Crippen molar-refractivity contribution in [2.24, 2.45) is 0 Å². The van der Waals surface area contributed by atoms with Gasteiger partial charge in [-0.25, -0.2) is 4.79 Å². The standard InChI is InChI=1S/C18H25NO5/c1-13-5-6-14(11-15(13)23-2)18(7-3-4-8-18)17(22)19-9-10-24-12-16(20)21/h5-6,11H,3-4,7-10,12H2,1-2H3,(H,19,22)(H,20,21). The molecule has 1 aromatic rings. The van der Waals surface area contributed by atoms with Crippen LogP contribution in [-0.2, 0) is 19.7 Å². The minimum Gasteiger partial charge on any atom is -0.496 e. The molecule has 1 aliphatic carbocycles. The molecule has 0 unspecified atom stereocenters. The van der Waals surface area contributed by atoms with Gasteiger partial charge in [0.2, 0.25) is 5.91 Å². The van der Waals surface area contributed by atoms with E-state index in [9.17, 15) is 9.59 Å². The first kappa shape index (κ1) is 18.3. The zero-order valence-corrected chi connectivity index (χ0v) is 14.3. The van der Waals surface area contributed by atoms with Crippen LogP contribution in [0.1, 0.15) is 36.8 Å². The number of hydrogen-bond acceptors (Lipinski definition) is 4. The largest absolute Gasteiger partial charge is 0.496 e. The van der Waals surface area contributed by atoms with Gasteiger partial charge in [-0.1, -0.05) is 25.0 Å². The maximum absolute atomic E-state index is 12.8. The molecule has 1 aromatic carbocycles. The van der Waals surface area contributed by atoms with Crippen molar-refractivity contribution in [3.63, 3.8) is 0 Å². The van der Waals surface area contributed by atoms with Gasteiger partial charge in [0.15, 0.2) is 0 Å². The summed E-state index contributed by atoms with van der Waals surface area (Å²) < 4.78 is 10.4. The zero-order valence-electron chi connectivity index (χ0n) is 14.3. The van der Waals surface area contributed by atoms with Crippen LogP contribution in [0, 0.1) is 6.92 Å². The Kier molecular flexibility index (Phi) is 6.20. The van der Waals surface area contributed by atoms with Crippen LogP contribution >= 0.6 is 0 Å². The van der Waals surface area contributed by atoms with Crippen LogP contribution in [0.5, 0.6) is 5.75 Å².